The summed E-state index contributed by atoms with van der Waals surface area (Å²) in [7, 11) is 2.09. The summed E-state index contributed by atoms with van der Waals surface area (Å²) in [6.07, 6.45) is 4.18. The smallest absolute Gasteiger partial charge is 0.215 e. The molecule has 3 aromatic heterocycles. The van der Waals surface area contributed by atoms with Crippen LogP contribution in [0.4, 0.5) is 0 Å². The van der Waals surface area contributed by atoms with Gasteiger partial charge in [0.05, 0.1) is 11.1 Å². The third kappa shape index (κ3) is 1.82. The van der Waals surface area contributed by atoms with Crippen LogP contribution in [0.1, 0.15) is 11.1 Å². The van der Waals surface area contributed by atoms with Crippen LogP contribution in [0.25, 0.3) is 27.9 Å². The van der Waals surface area contributed by atoms with Crippen molar-refractivity contribution in [3.05, 3.63) is 66.0 Å². The fourth-order valence-electron chi connectivity index (χ4n) is 3.08. The van der Waals surface area contributed by atoms with Crippen LogP contribution in [0.5, 0.6) is 0 Å². The molecule has 108 valence electrons. The van der Waals surface area contributed by atoms with Crippen molar-refractivity contribution in [1.29, 1.82) is 0 Å². The van der Waals surface area contributed by atoms with Gasteiger partial charge >= 0.3 is 0 Å². The molecule has 0 aliphatic heterocycles. The first-order chi connectivity index (χ1) is 10.6. The Balaban J connectivity index is 2.17. The number of benzene rings is 1. The van der Waals surface area contributed by atoms with E-state index in [1.807, 2.05) is 12.1 Å². The van der Waals surface area contributed by atoms with Crippen molar-refractivity contribution in [2.75, 3.05) is 0 Å². The second-order valence-electron chi connectivity index (χ2n) is 5.87. The molecule has 4 aromatic rings. The number of imidazole rings is 1. The summed E-state index contributed by atoms with van der Waals surface area (Å²) in [6.45, 7) is 4.28. The normalized spacial score (nSPS) is 11.4. The number of nitrogens with zero attached hydrogens (tertiary/aromatic N) is 3. The van der Waals surface area contributed by atoms with Gasteiger partial charge in [-0.1, -0.05) is 12.1 Å². The Bertz CT molecular complexity index is 1010. The Kier molecular flexibility index (Phi) is 2.76. The zero-order valence-electron chi connectivity index (χ0n) is 13.0. The fraction of sp³-hybridized carbons (Fsp3) is 0.158. The van der Waals surface area contributed by atoms with Gasteiger partial charge in [-0.25, -0.2) is 9.55 Å². The van der Waals surface area contributed by atoms with Gasteiger partial charge in [0.25, 0.3) is 0 Å². The highest BCUT2D eigenvalue weighted by Crippen LogP contribution is 2.30. The number of fused-ring (bicyclic) bond motifs is 3. The molecule has 0 amide bonds. The predicted molar refractivity (Wildman–Crippen MR) is 88.8 cm³/mol. The highest BCUT2D eigenvalue weighted by Gasteiger charge is 2.19. The average molecular weight is 288 g/mol. The van der Waals surface area contributed by atoms with Gasteiger partial charge in [0, 0.05) is 18.3 Å². The molecule has 3 nitrogen and oxygen atoms in total. The standard InChI is InChI=1S/C19H18N3/c1-13-9-11-21(3)16(12-13)18-14(2)7-8-15-19(18)20-17-6-4-5-10-22(15)17/h4-12H,1-3H3/q+1. The molecule has 1 aromatic carbocycles. The lowest BCUT2D eigenvalue weighted by Crippen LogP contribution is -2.30. The molecule has 3 heteroatoms. The zero-order chi connectivity index (χ0) is 15.3. The molecular formula is C19H18N3+. The summed E-state index contributed by atoms with van der Waals surface area (Å²) in [5.41, 5.74) is 8.12. The lowest BCUT2D eigenvalue weighted by molar-refractivity contribution is -0.660. The summed E-state index contributed by atoms with van der Waals surface area (Å²) in [6, 6.07) is 14.8. The van der Waals surface area contributed by atoms with Gasteiger partial charge in [-0.15, -0.1) is 0 Å². The van der Waals surface area contributed by atoms with Gasteiger partial charge in [-0.3, -0.25) is 4.40 Å². The molecule has 0 radical (unpaired) electrons. The van der Waals surface area contributed by atoms with Crippen molar-refractivity contribution in [3.63, 3.8) is 0 Å². The van der Waals surface area contributed by atoms with Crippen LogP contribution >= 0.6 is 0 Å². The first kappa shape index (κ1) is 13.0. The van der Waals surface area contributed by atoms with E-state index in [1.54, 1.807) is 0 Å². The minimum atomic E-state index is 0.986. The van der Waals surface area contributed by atoms with Crippen molar-refractivity contribution in [2.24, 2.45) is 7.05 Å². The highest BCUT2D eigenvalue weighted by atomic mass is 15.0. The number of hydrogen-bond donors (Lipinski definition) is 0. The first-order valence-electron chi connectivity index (χ1n) is 7.48. The molecule has 0 spiro atoms. The second kappa shape index (κ2) is 4.67. The van der Waals surface area contributed by atoms with E-state index in [-0.39, 0.29) is 0 Å². The molecule has 22 heavy (non-hydrogen) atoms. The van der Waals surface area contributed by atoms with Crippen LogP contribution in [0, 0.1) is 13.8 Å². The van der Waals surface area contributed by atoms with Crippen LogP contribution in [0.3, 0.4) is 0 Å². The zero-order valence-corrected chi connectivity index (χ0v) is 13.0. The van der Waals surface area contributed by atoms with Crippen molar-refractivity contribution in [2.45, 2.75) is 13.8 Å². The third-order valence-electron chi connectivity index (χ3n) is 4.25. The molecule has 0 aliphatic carbocycles. The van der Waals surface area contributed by atoms with Gasteiger partial charge in [-0.05, 0) is 43.2 Å². The summed E-state index contributed by atoms with van der Waals surface area (Å²) in [5.74, 6) is 0. The molecule has 0 bridgehead atoms. The topological polar surface area (TPSA) is 21.2 Å². The summed E-state index contributed by atoms with van der Waals surface area (Å²) < 4.78 is 4.31. The van der Waals surface area contributed by atoms with Gasteiger partial charge in [0.1, 0.15) is 18.2 Å². The van der Waals surface area contributed by atoms with E-state index in [2.05, 4.69) is 72.6 Å². The Morgan fingerprint density at radius 1 is 1.05 bits per heavy atom. The monoisotopic (exact) mass is 288 g/mol. The van der Waals surface area contributed by atoms with Crippen LogP contribution in [-0.4, -0.2) is 9.38 Å². The molecule has 0 saturated heterocycles. The van der Waals surface area contributed by atoms with E-state index in [0.29, 0.717) is 0 Å². The van der Waals surface area contributed by atoms with Crippen LogP contribution in [0.2, 0.25) is 0 Å². The van der Waals surface area contributed by atoms with Crippen LogP contribution in [-0.2, 0) is 7.05 Å². The predicted octanol–water partition coefficient (Wildman–Crippen LogP) is 3.60. The minimum Gasteiger partial charge on any atom is -0.300 e. The quantitative estimate of drug-likeness (QED) is 0.490. The molecule has 0 unspecified atom stereocenters. The lowest BCUT2D eigenvalue weighted by atomic mass is 10.0. The van der Waals surface area contributed by atoms with Crippen molar-refractivity contribution in [3.8, 4) is 11.3 Å². The SMILES string of the molecule is Cc1cc[n+](C)c(-c2c(C)ccc3c2nc2ccccn23)c1. The van der Waals surface area contributed by atoms with E-state index < -0.39 is 0 Å². The van der Waals surface area contributed by atoms with Crippen molar-refractivity contribution < 1.29 is 4.57 Å². The Labute approximate surface area is 129 Å². The highest BCUT2D eigenvalue weighted by molar-refractivity contribution is 5.94. The molecule has 0 aliphatic rings. The fourth-order valence-corrected chi connectivity index (χ4v) is 3.08. The Morgan fingerprint density at radius 2 is 1.91 bits per heavy atom. The molecular weight excluding hydrogens is 270 g/mol. The molecule has 0 N–H and O–H groups in total. The van der Waals surface area contributed by atoms with E-state index in [4.69, 9.17) is 4.98 Å². The molecule has 0 fully saturated rings. The minimum absolute atomic E-state index is 0.986. The first-order valence-corrected chi connectivity index (χ1v) is 7.48. The third-order valence-corrected chi connectivity index (χ3v) is 4.25. The molecule has 4 rings (SSSR count). The Morgan fingerprint density at radius 3 is 2.77 bits per heavy atom. The number of rotatable bonds is 1. The summed E-state index contributed by atoms with van der Waals surface area (Å²) in [5, 5.41) is 0. The van der Waals surface area contributed by atoms with Crippen molar-refractivity contribution >= 4 is 16.7 Å². The maximum Gasteiger partial charge on any atom is 0.215 e. The van der Waals surface area contributed by atoms with E-state index in [1.165, 1.54) is 22.4 Å². The Hall–Kier alpha value is -2.68. The molecule has 0 saturated carbocycles. The van der Waals surface area contributed by atoms with Gasteiger partial charge in [-0.2, -0.15) is 0 Å². The summed E-state index contributed by atoms with van der Waals surface area (Å²) >= 11 is 0. The van der Waals surface area contributed by atoms with Crippen molar-refractivity contribution in [1.82, 2.24) is 9.38 Å². The van der Waals surface area contributed by atoms with Gasteiger partial charge in [0.15, 0.2) is 6.20 Å². The average Bonchev–Trinajstić information content (AvgIpc) is 2.88. The lowest BCUT2D eigenvalue weighted by Gasteiger charge is -2.06. The van der Waals surface area contributed by atoms with E-state index in [9.17, 15) is 0 Å². The number of aromatic nitrogens is 3. The maximum absolute atomic E-state index is 4.87. The number of aryl methyl sites for hydroxylation is 3. The molecule has 0 atom stereocenters. The van der Waals surface area contributed by atoms with E-state index >= 15 is 0 Å². The summed E-state index contributed by atoms with van der Waals surface area (Å²) in [4.78, 5) is 4.87. The van der Waals surface area contributed by atoms with Crippen LogP contribution in [0.15, 0.2) is 54.9 Å². The second-order valence-corrected chi connectivity index (χ2v) is 5.87. The van der Waals surface area contributed by atoms with E-state index in [0.717, 1.165) is 16.7 Å². The van der Waals surface area contributed by atoms with Gasteiger partial charge in [0.2, 0.25) is 5.69 Å². The maximum atomic E-state index is 4.87. The largest absolute Gasteiger partial charge is 0.300 e. The number of pyridine rings is 2. The van der Waals surface area contributed by atoms with Gasteiger partial charge < -0.3 is 0 Å². The number of hydrogen-bond acceptors (Lipinski definition) is 1. The molecule has 3 heterocycles. The van der Waals surface area contributed by atoms with Crippen LogP contribution < -0.4 is 4.57 Å².